The van der Waals surface area contributed by atoms with E-state index in [0.717, 1.165) is 31.5 Å². The van der Waals surface area contributed by atoms with E-state index in [4.69, 9.17) is 10.7 Å². The molecular weight excluding hydrogens is 296 g/mol. The summed E-state index contributed by atoms with van der Waals surface area (Å²) in [5.74, 6) is 1.47. The maximum atomic E-state index is 11.5. The number of halogens is 1. The van der Waals surface area contributed by atoms with Gasteiger partial charge in [-0.1, -0.05) is 33.1 Å². The number of aromatic nitrogens is 2. The molecule has 1 aromatic heterocycles. The largest absolute Gasteiger partial charge is 0.330 e. The van der Waals surface area contributed by atoms with Crippen LogP contribution in [0.15, 0.2) is 11.2 Å². The lowest BCUT2D eigenvalue weighted by atomic mass is 9.82. The van der Waals surface area contributed by atoms with Crippen LogP contribution in [-0.4, -0.2) is 18.0 Å². The molecule has 4 nitrogen and oxygen atoms in total. The highest BCUT2D eigenvalue weighted by Crippen LogP contribution is 2.37. The molecule has 0 radical (unpaired) electrons. The van der Waals surface area contributed by atoms with Gasteiger partial charge in [-0.05, 0) is 25.2 Å². The predicted molar refractivity (Wildman–Crippen MR) is 80.5 cm³/mol. The predicted octanol–water partition coefficient (Wildman–Crippen LogP) is 3.90. The lowest BCUT2D eigenvalue weighted by molar-refractivity contribution is 0.228. The van der Waals surface area contributed by atoms with Crippen molar-refractivity contribution < 1.29 is 8.42 Å². The summed E-state index contributed by atoms with van der Waals surface area (Å²) in [6.07, 6.45) is 9.30. The SMILES string of the molecule is CCCc1nc(S(=O)(=O)Cl)cn1C1CCCCC1CC. The lowest BCUT2D eigenvalue weighted by Crippen LogP contribution is -2.24. The lowest BCUT2D eigenvalue weighted by Gasteiger charge is -2.32. The summed E-state index contributed by atoms with van der Waals surface area (Å²) in [4.78, 5) is 4.26. The average molecular weight is 319 g/mol. The first-order valence-corrected chi connectivity index (χ1v) is 9.80. The highest BCUT2D eigenvalue weighted by Gasteiger charge is 2.28. The number of rotatable bonds is 5. The van der Waals surface area contributed by atoms with Crippen LogP contribution in [0, 0.1) is 5.92 Å². The number of aryl methyl sites for hydroxylation is 1. The first-order chi connectivity index (χ1) is 9.47. The maximum absolute atomic E-state index is 11.5. The van der Waals surface area contributed by atoms with E-state index in [0.29, 0.717) is 12.0 Å². The summed E-state index contributed by atoms with van der Waals surface area (Å²) in [6.45, 7) is 4.28. The van der Waals surface area contributed by atoms with E-state index in [1.54, 1.807) is 6.20 Å². The van der Waals surface area contributed by atoms with Crippen LogP contribution >= 0.6 is 10.7 Å². The second-order valence-corrected chi connectivity index (χ2v) is 8.12. The Morgan fingerprint density at radius 1 is 1.35 bits per heavy atom. The quantitative estimate of drug-likeness (QED) is 0.773. The standard InChI is InChI=1S/C14H23ClN2O2S/c1-3-7-13-16-14(20(15,18)19)10-17(13)12-9-6-5-8-11(12)4-2/h10-12H,3-9H2,1-2H3. The van der Waals surface area contributed by atoms with Gasteiger partial charge in [-0.25, -0.2) is 13.4 Å². The number of hydrogen-bond donors (Lipinski definition) is 0. The third-order valence-electron chi connectivity index (χ3n) is 4.26. The molecule has 1 aliphatic carbocycles. The molecule has 1 fully saturated rings. The van der Waals surface area contributed by atoms with Crippen molar-refractivity contribution in [3.63, 3.8) is 0 Å². The highest BCUT2D eigenvalue weighted by atomic mass is 35.7. The Kier molecular flexibility index (Phi) is 5.13. The Hall–Kier alpha value is -0.550. The molecule has 0 saturated heterocycles. The van der Waals surface area contributed by atoms with Gasteiger partial charge in [0, 0.05) is 29.3 Å². The van der Waals surface area contributed by atoms with Crippen molar-refractivity contribution >= 4 is 19.7 Å². The summed E-state index contributed by atoms with van der Waals surface area (Å²) in [6, 6.07) is 0.370. The van der Waals surface area contributed by atoms with E-state index in [9.17, 15) is 8.42 Å². The fourth-order valence-electron chi connectivity index (χ4n) is 3.25. The molecule has 2 unspecified atom stereocenters. The Bertz CT molecular complexity index is 554. The van der Waals surface area contributed by atoms with Gasteiger partial charge in [0.05, 0.1) is 0 Å². The second-order valence-electron chi connectivity index (χ2n) is 5.61. The monoisotopic (exact) mass is 318 g/mol. The Morgan fingerprint density at radius 3 is 2.65 bits per heavy atom. The van der Waals surface area contributed by atoms with Crippen molar-refractivity contribution in [2.24, 2.45) is 5.92 Å². The van der Waals surface area contributed by atoms with Gasteiger partial charge in [-0.3, -0.25) is 0 Å². The molecule has 1 saturated carbocycles. The van der Waals surface area contributed by atoms with Crippen molar-refractivity contribution in [1.29, 1.82) is 0 Å². The van der Waals surface area contributed by atoms with E-state index in [1.165, 1.54) is 19.3 Å². The summed E-state index contributed by atoms with van der Waals surface area (Å²) >= 11 is 0. The Labute approximate surface area is 126 Å². The fourth-order valence-corrected chi connectivity index (χ4v) is 3.93. The van der Waals surface area contributed by atoms with E-state index < -0.39 is 9.05 Å². The van der Waals surface area contributed by atoms with E-state index in [2.05, 4.69) is 23.4 Å². The maximum Gasteiger partial charge on any atom is 0.280 e. The minimum Gasteiger partial charge on any atom is -0.330 e. The molecule has 0 bridgehead atoms. The van der Waals surface area contributed by atoms with Gasteiger partial charge in [-0.15, -0.1) is 0 Å². The van der Waals surface area contributed by atoms with Gasteiger partial charge >= 0.3 is 0 Å². The molecule has 1 aromatic rings. The van der Waals surface area contributed by atoms with Gasteiger partial charge in [-0.2, -0.15) is 0 Å². The van der Waals surface area contributed by atoms with Gasteiger partial charge in [0.1, 0.15) is 5.82 Å². The molecule has 0 spiro atoms. The van der Waals surface area contributed by atoms with E-state index >= 15 is 0 Å². The molecule has 2 atom stereocenters. The molecule has 0 N–H and O–H groups in total. The zero-order valence-corrected chi connectivity index (χ0v) is 13.8. The zero-order chi connectivity index (χ0) is 14.8. The Balaban J connectivity index is 2.40. The van der Waals surface area contributed by atoms with E-state index in [-0.39, 0.29) is 5.03 Å². The van der Waals surface area contributed by atoms with Crippen molar-refractivity contribution in [3.05, 3.63) is 12.0 Å². The molecule has 0 aromatic carbocycles. The molecule has 20 heavy (non-hydrogen) atoms. The third kappa shape index (κ3) is 3.37. The second kappa shape index (κ2) is 6.48. The van der Waals surface area contributed by atoms with Crippen molar-refractivity contribution in [2.45, 2.75) is 69.9 Å². The number of hydrogen-bond acceptors (Lipinski definition) is 3. The summed E-state index contributed by atoms with van der Waals surface area (Å²) in [7, 11) is 1.70. The Morgan fingerprint density at radius 2 is 2.05 bits per heavy atom. The topological polar surface area (TPSA) is 52.0 Å². The van der Waals surface area contributed by atoms with E-state index in [1.807, 2.05) is 0 Å². The van der Waals surface area contributed by atoms with Gasteiger partial charge < -0.3 is 4.57 Å². The summed E-state index contributed by atoms with van der Waals surface area (Å²) in [5, 5.41) is 0.00282. The van der Waals surface area contributed by atoms with Gasteiger partial charge in [0.15, 0.2) is 5.03 Å². The molecule has 2 rings (SSSR count). The van der Waals surface area contributed by atoms with Crippen LogP contribution < -0.4 is 0 Å². The van der Waals surface area contributed by atoms with Crippen LogP contribution in [0.2, 0.25) is 0 Å². The number of nitrogens with zero attached hydrogens (tertiary/aromatic N) is 2. The molecule has 0 amide bonds. The zero-order valence-electron chi connectivity index (χ0n) is 12.2. The first-order valence-electron chi connectivity index (χ1n) is 7.49. The van der Waals surface area contributed by atoms with Gasteiger partial charge in [0.25, 0.3) is 9.05 Å². The molecule has 1 aliphatic rings. The molecule has 114 valence electrons. The van der Waals surface area contributed by atoms with Crippen LogP contribution in [0.3, 0.4) is 0 Å². The summed E-state index contributed by atoms with van der Waals surface area (Å²) in [5.41, 5.74) is 0. The van der Waals surface area contributed by atoms with Crippen LogP contribution in [0.5, 0.6) is 0 Å². The molecular formula is C14H23ClN2O2S. The normalized spacial score (nSPS) is 23.9. The first kappa shape index (κ1) is 15.8. The van der Waals surface area contributed by atoms with Crippen molar-refractivity contribution in [2.75, 3.05) is 0 Å². The fraction of sp³-hybridized carbons (Fsp3) is 0.786. The molecule has 0 aliphatic heterocycles. The minimum atomic E-state index is -3.75. The highest BCUT2D eigenvalue weighted by molar-refractivity contribution is 8.13. The summed E-state index contributed by atoms with van der Waals surface area (Å²) < 4.78 is 25.1. The van der Waals surface area contributed by atoms with Crippen molar-refractivity contribution in [3.8, 4) is 0 Å². The smallest absolute Gasteiger partial charge is 0.280 e. The van der Waals surface area contributed by atoms with Gasteiger partial charge in [0.2, 0.25) is 0 Å². The third-order valence-corrected chi connectivity index (χ3v) is 5.43. The van der Waals surface area contributed by atoms with Crippen LogP contribution in [-0.2, 0) is 15.5 Å². The molecule has 1 heterocycles. The minimum absolute atomic E-state index is 0.00282. The van der Waals surface area contributed by atoms with Crippen LogP contribution in [0.4, 0.5) is 0 Å². The number of imidazole rings is 1. The van der Waals surface area contributed by atoms with Crippen molar-refractivity contribution in [1.82, 2.24) is 9.55 Å². The van der Waals surface area contributed by atoms with Crippen LogP contribution in [0.1, 0.15) is 64.2 Å². The molecule has 6 heteroatoms. The average Bonchev–Trinajstić information content (AvgIpc) is 2.83. The van der Waals surface area contributed by atoms with Crippen LogP contribution in [0.25, 0.3) is 0 Å².